The molecule has 0 spiro atoms. The number of carbonyl (C=O) groups is 2. The Kier molecular flexibility index (Phi) is 5.00. The van der Waals surface area contributed by atoms with Crippen LogP contribution in [0.5, 0.6) is 0 Å². The number of hydrogen-bond acceptors (Lipinski definition) is 5. The van der Waals surface area contributed by atoms with E-state index in [1.807, 2.05) is 20.8 Å². The van der Waals surface area contributed by atoms with Crippen LogP contribution in [0.4, 0.5) is 4.79 Å². The van der Waals surface area contributed by atoms with E-state index in [1.54, 1.807) is 12.0 Å². The topological polar surface area (TPSA) is 65.1 Å². The molecule has 2 aliphatic rings. The van der Waals surface area contributed by atoms with E-state index < -0.39 is 17.7 Å². The van der Waals surface area contributed by atoms with Crippen LogP contribution >= 0.6 is 0 Å². The lowest BCUT2D eigenvalue weighted by atomic mass is 9.83. The van der Waals surface area contributed by atoms with Gasteiger partial charge in [0.1, 0.15) is 11.6 Å². The molecule has 4 unspecified atom stereocenters. The van der Waals surface area contributed by atoms with Crippen molar-refractivity contribution in [3.63, 3.8) is 0 Å². The molecule has 0 aromatic rings. The van der Waals surface area contributed by atoms with E-state index >= 15 is 0 Å². The fourth-order valence-corrected chi connectivity index (χ4v) is 3.56. The van der Waals surface area contributed by atoms with Crippen LogP contribution in [-0.2, 0) is 19.0 Å². The molecule has 6 heteroatoms. The van der Waals surface area contributed by atoms with Gasteiger partial charge in [0, 0.05) is 13.2 Å². The molecule has 2 fully saturated rings. The van der Waals surface area contributed by atoms with Crippen LogP contribution in [0.25, 0.3) is 0 Å². The van der Waals surface area contributed by atoms with Gasteiger partial charge in [-0.15, -0.1) is 0 Å². The van der Waals surface area contributed by atoms with Gasteiger partial charge in [0.05, 0.1) is 13.2 Å². The van der Waals surface area contributed by atoms with Gasteiger partial charge in [-0.05, 0) is 52.4 Å². The largest absolute Gasteiger partial charge is 0.467 e. The van der Waals surface area contributed by atoms with Crippen LogP contribution in [-0.4, -0.2) is 55.0 Å². The standard InChI is InChI=1S/C16H27NO5/c1-16(2,3)22-15(19)17-12-9-11(20-4)7-6-10(12)8-13(17)14(18)21-5/h10-13H,6-9H2,1-5H3. The zero-order valence-electron chi connectivity index (χ0n) is 14.1. The molecule has 0 radical (unpaired) electrons. The van der Waals surface area contributed by atoms with Crippen molar-refractivity contribution < 1.29 is 23.8 Å². The van der Waals surface area contributed by atoms with Gasteiger partial charge >= 0.3 is 12.1 Å². The third kappa shape index (κ3) is 3.54. The van der Waals surface area contributed by atoms with Crippen molar-refractivity contribution >= 4 is 12.1 Å². The summed E-state index contributed by atoms with van der Waals surface area (Å²) in [4.78, 5) is 26.3. The quantitative estimate of drug-likeness (QED) is 0.732. The lowest BCUT2D eigenvalue weighted by Crippen LogP contribution is -2.50. The molecule has 4 atom stereocenters. The van der Waals surface area contributed by atoms with Gasteiger partial charge in [0.2, 0.25) is 0 Å². The Morgan fingerprint density at radius 3 is 2.32 bits per heavy atom. The molecule has 2 rings (SSSR count). The van der Waals surface area contributed by atoms with Gasteiger partial charge in [0.25, 0.3) is 0 Å². The predicted molar refractivity (Wildman–Crippen MR) is 80.4 cm³/mol. The molecule has 1 aliphatic carbocycles. The van der Waals surface area contributed by atoms with Crippen LogP contribution in [0.2, 0.25) is 0 Å². The van der Waals surface area contributed by atoms with Gasteiger partial charge in [-0.1, -0.05) is 0 Å². The number of nitrogens with zero attached hydrogens (tertiary/aromatic N) is 1. The average molecular weight is 313 g/mol. The van der Waals surface area contributed by atoms with Crippen LogP contribution in [0.1, 0.15) is 46.5 Å². The number of ether oxygens (including phenoxy) is 3. The minimum atomic E-state index is -0.592. The predicted octanol–water partition coefficient (Wildman–Crippen LogP) is 2.35. The number of esters is 1. The maximum absolute atomic E-state index is 12.6. The van der Waals surface area contributed by atoms with Crippen LogP contribution in [0, 0.1) is 5.92 Å². The lowest BCUT2D eigenvalue weighted by Gasteiger charge is -2.37. The summed E-state index contributed by atoms with van der Waals surface area (Å²) in [5.74, 6) is -0.0581. The second-order valence-electron chi connectivity index (χ2n) is 7.16. The highest BCUT2D eigenvalue weighted by atomic mass is 16.6. The maximum Gasteiger partial charge on any atom is 0.411 e. The van der Waals surface area contributed by atoms with Crippen molar-refractivity contribution in [1.82, 2.24) is 4.90 Å². The third-order valence-corrected chi connectivity index (χ3v) is 4.54. The monoisotopic (exact) mass is 313 g/mol. The fourth-order valence-electron chi connectivity index (χ4n) is 3.56. The summed E-state index contributed by atoms with van der Waals surface area (Å²) in [6.45, 7) is 5.47. The third-order valence-electron chi connectivity index (χ3n) is 4.54. The van der Waals surface area contributed by atoms with Crippen LogP contribution in [0.15, 0.2) is 0 Å². The minimum absolute atomic E-state index is 0.0161. The number of methoxy groups -OCH3 is 2. The number of carbonyl (C=O) groups excluding carboxylic acids is 2. The summed E-state index contributed by atoms with van der Waals surface area (Å²) in [6.07, 6.45) is 3.00. The molecule has 0 aromatic carbocycles. The summed E-state index contributed by atoms with van der Waals surface area (Å²) in [7, 11) is 3.05. The molecule has 22 heavy (non-hydrogen) atoms. The Morgan fingerprint density at radius 2 is 1.77 bits per heavy atom. The highest BCUT2D eigenvalue weighted by molar-refractivity contribution is 5.82. The van der Waals surface area contributed by atoms with Crippen molar-refractivity contribution in [2.45, 2.75) is 70.2 Å². The van der Waals surface area contributed by atoms with E-state index in [-0.39, 0.29) is 18.1 Å². The molecular weight excluding hydrogens is 286 g/mol. The van der Waals surface area contributed by atoms with Gasteiger partial charge in [-0.2, -0.15) is 0 Å². The Balaban J connectivity index is 2.22. The average Bonchev–Trinajstić information content (AvgIpc) is 2.82. The van der Waals surface area contributed by atoms with E-state index in [4.69, 9.17) is 14.2 Å². The Bertz CT molecular complexity index is 431. The van der Waals surface area contributed by atoms with Gasteiger partial charge < -0.3 is 14.2 Å². The summed E-state index contributed by atoms with van der Waals surface area (Å²) in [5.41, 5.74) is -0.592. The fraction of sp³-hybridized carbons (Fsp3) is 0.875. The molecular formula is C16H27NO5. The molecule has 1 amide bonds. The highest BCUT2D eigenvalue weighted by Crippen LogP contribution is 2.41. The molecule has 6 nitrogen and oxygen atoms in total. The van der Waals surface area contributed by atoms with E-state index in [0.717, 1.165) is 19.3 Å². The van der Waals surface area contributed by atoms with E-state index in [9.17, 15) is 9.59 Å². The van der Waals surface area contributed by atoms with E-state index in [1.165, 1.54) is 7.11 Å². The first-order chi connectivity index (χ1) is 10.3. The van der Waals surface area contributed by atoms with E-state index in [0.29, 0.717) is 12.3 Å². The molecule has 1 heterocycles. The SMILES string of the molecule is COC(=O)C1CC2CCC(OC)CC2N1C(=O)OC(C)(C)C. The second-order valence-corrected chi connectivity index (χ2v) is 7.16. The maximum atomic E-state index is 12.6. The van der Waals surface area contributed by atoms with Crippen molar-refractivity contribution in [3.8, 4) is 0 Å². The molecule has 1 saturated carbocycles. The van der Waals surface area contributed by atoms with E-state index in [2.05, 4.69) is 0 Å². The minimum Gasteiger partial charge on any atom is -0.467 e. The summed E-state index contributed by atoms with van der Waals surface area (Å²) in [6, 6.07) is -0.567. The molecule has 1 saturated heterocycles. The summed E-state index contributed by atoms with van der Waals surface area (Å²) < 4.78 is 15.8. The molecule has 0 N–H and O–H groups in total. The Hall–Kier alpha value is -1.30. The summed E-state index contributed by atoms with van der Waals surface area (Å²) in [5, 5.41) is 0. The van der Waals surface area contributed by atoms with Crippen molar-refractivity contribution in [2.24, 2.45) is 5.92 Å². The van der Waals surface area contributed by atoms with Gasteiger partial charge in [-0.3, -0.25) is 4.90 Å². The summed E-state index contributed by atoms with van der Waals surface area (Å²) >= 11 is 0. The van der Waals surface area contributed by atoms with Crippen molar-refractivity contribution in [3.05, 3.63) is 0 Å². The second kappa shape index (κ2) is 6.44. The molecule has 126 valence electrons. The number of hydrogen-bond donors (Lipinski definition) is 0. The van der Waals surface area contributed by atoms with Crippen molar-refractivity contribution in [1.29, 1.82) is 0 Å². The first-order valence-electron chi connectivity index (χ1n) is 7.88. The lowest BCUT2D eigenvalue weighted by molar-refractivity contribution is -0.146. The molecule has 0 bridgehead atoms. The number of fused-ring (bicyclic) bond motifs is 1. The zero-order valence-corrected chi connectivity index (χ0v) is 14.1. The molecule has 1 aliphatic heterocycles. The highest BCUT2D eigenvalue weighted by Gasteiger charge is 2.50. The molecule has 0 aromatic heterocycles. The van der Waals surface area contributed by atoms with Gasteiger partial charge in [0.15, 0.2) is 0 Å². The zero-order chi connectivity index (χ0) is 16.5. The number of amides is 1. The van der Waals surface area contributed by atoms with Crippen molar-refractivity contribution in [2.75, 3.05) is 14.2 Å². The first-order valence-corrected chi connectivity index (χ1v) is 7.88. The smallest absolute Gasteiger partial charge is 0.411 e. The first kappa shape index (κ1) is 17.1. The Morgan fingerprint density at radius 1 is 1.09 bits per heavy atom. The normalized spacial score (nSPS) is 31.6. The number of rotatable bonds is 2. The van der Waals surface area contributed by atoms with Crippen LogP contribution < -0.4 is 0 Å². The Labute approximate surface area is 132 Å². The van der Waals surface area contributed by atoms with Gasteiger partial charge in [-0.25, -0.2) is 9.59 Å². The number of likely N-dealkylation sites (tertiary alicyclic amines) is 1. The van der Waals surface area contributed by atoms with Crippen LogP contribution in [0.3, 0.4) is 0 Å².